The Morgan fingerprint density at radius 3 is 2.42 bits per heavy atom. The van der Waals surface area contributed by atoms with Gasteiger partial charge in [-0.3, -0.25) is 4.79 Å². The van der Waals surface area contributed by atoms with Gasteiger partial charge in [-0.1, -0.05) is 24.3 Å². The second-order valence-corrected chi connectivity index (χ2v) is 8.20. The van der Waals surface area contributed by atoms with Crippen LogP contribution >= 0.6 is 11.3 Å². The lowest BCUT2D eigenvalue weighted by Gasteiger charge is -2.21. The van der Waals surface area contributed by atoms with Gasteiger partial charge in [-0.15, -0.1) is 0 Å². The minimum atomic E-state index is -0.261. The molecular formula is C23H27N5O2S. The van der Waals surface area contributed by atoms with Crippen molar-refractivity contribution in [3.8, 4) is 0 Å². The van der Waals surface area contributed by atoms with Gasteiger partial charge in [0.1, 0.15) is 0 Å². The zero-order chi connectivity index (χ0) is 22.2. The van der Waals surface area contributed by atoms with Crippen LogP contribution in [0.5, 0.6) is 0 Å². The van der Waals surface area contributed by atoms with Crippen LogP contribution in [0.25, 0.3) is 0 Å². The summed E-state index contributed by atoms with van der Waals surface area (Å²) in [5.74, 6) is -0.238. The van der Waals surface area contributed by atoms with E-state index in [9.17, 15) is 9.59 Å². The first-order valence-corrected chi connectivity index (χ1v) is 10.9. The first-order valence-electron chi connectivity index (χ1n) is 9.92. The Labute approximate surface area is 186 Å². The van der Waals surface area contributed by atoms with Crippen molar-refractivity contribution in [2.45, 2.75) is 12.5 Å². The molecule has 1 atom stereocenters. The zero-order valence-corrected chi connectivity index (χ0v) is 18.4. The molecule has 2 aromatic carbocycles. The third kappa shape index (κ3) is 6.56. The minimum Gasteiger partial charge on any atom is -0.397 e. The van der Waals surface area contributed by atoms with Gasteiger partial charge in [-0.2, -0.15) is 11.3 Å². The highest BCUT2D eigenvalue weighted by atomic mass is 32.1. The van der Waals surface area contributed by atoms with Crippen LogP contribution in [0.15, 0.2) is 65.4 Å². The maximum atomic E-state index is 12.6. The van der Waals surface area contributed by atoms with E-state index < -0.39 is 0 Å². The average Bonchev–Trinajstić information content (AvgIpc) is 3.25. The summed E-state index contributed by atoms with van der Waals surface area (Å²) in [6.45, 7) is 0.804. The van der Waals surface area contributed by atoms with E-state index in [1.54, 1.807) is 24.3 Å². The number of nitrogens with one attached hydrogen (secondary N) is 3. The van der Waals surface area contributed by atoms with Crippen LogP contribution in [0, 0.1) is 0 Å². The fourth-order valence-electron chi connectivity index (χ4n) is 3.04. The average molecular weight is 438 g/mol. The second kappa shape index (κ2) is 10.6. The van der Waals surface area contributed by atoms with E-state index in [1.807, 2.05) is 55.2 Å². The molecule has 3 rings (SSSR count). The molecule has 1 heterocycles. The van der Waals surface area contributed by atoms with Crippen LogP contribution in [-0.4, -0.2) is 37.5 Å². The maximum Gasteiger partial charge on any atom is 0.319 e. The zero-order valence-electron chi connectivity index (χ0n) is 17.6. The predicted molar refractivity (Wildman–Crippen MR) is 128 cm³/mol. The van der Waals surface area contributed by atoms with Crippen LogP contribution in [0.3, 0.4) is 0 Å². The SMILES string of the molecule is CN(C)CCC(NC(=O)Nc1ccsc1)c1ccc(C(=O)Nc2ccccc2N)cc1. The standard InChI is InChI=1S/C23H27N5O2S/c1-28(2)13-11-20(27-23(30)25-18-12-14-31-15-18)16-7-9-17(10-8-16)22(29)26-21-6-4-3-5-19(21)24/h3-10,12,14-15,20H,11,13,24H2,1-2H3,(H,26,29)(H2,25,27,30). The molecule has 0 spiro atoms. The number of para-hydroxylation sites is 2. The number of anilines is 3. The first kappa shape index (κ1) is 22.3. The molecule has 3 amide bonds. The van der Waals surface area contributed by atoms with Gasteiger partial charge in [0.25, 0.3) is 5.91 Å². The van der Waals surface area contributed by atoms with E-state index in [1.165, 1.54) is 11.3 Å². The van der Waals surface area contributed by atoms with E-state index in [-0.39, 0.29) is 18.0 Å². The Hall–Kier alpha value is -3.36. The number of nitrogens with two attached hydrogens (primary N) is 1. The number of hydrogen-bond acceptors (Lipinski definition) is 5. The number of nitrogen functional groups attached to an aromatic ring is 1. The summed E-state index contributed by atoms with van der Waals surface area (Å²) in [5.41, 5.74) is 9.19. The Morgan fingerprint density at radius 2 is 1.77 bits per heavy atom. The van der Waals surface area contributed by atoms with Gasteiger partial charge in [0.05, 0.1) is 23.1 Å². The molecule has 1 unspecified atom stereocenters. The van der Waals surface area contributed by atoms with Crippen LogP contribution in [-0.2, 0) is 0 Å². The number of amides is 3. The van der Waals surface area contributed by atoms with Crippen LogP contribution < -0.4 is 21.7 Å². The van der Waals surface area contributed by atoms with Gasteiger partial charge in [0, 0.05) is 10.9 Å². The molecular weight excluding hydrogens is 410 g/mol. The Balaban J connectivity index is 1.69. The van der Waals surface area contributed by atoms with Gasteiger partial charge in [-0.05, 0) is 68.3 Å². The van der Waals surface area contributed by atoms with Crippen LogP contribution in [0.2, 0.25) is 0 Å². The lowest BCUT2D eigenvalue weighted by atomic mass is 10.0. The highest BCUT2D eigenvalue weighted by Gasteiger charge is 2.16. The van der Waals surface area contributed by atoms with E-state index in [0.29, 0.717) is 16.9 Å². The number of urea groups is 1. The summed E-state index contributed by atoms with van der Waals surface area (Å²) in [6.07, 6.45) is 0.732. The van der Waals surface area contributed by atoms with Crippen molar-refractivity contribution in [1.29, 1.82) is 0 Å². The quantitative estimate of drug-likeness (QED) is 0.393. The lowest BCUT2D eigenvalue weighted by Crippen LogP contribution is -2.34. The molecule has 31 heavy (non-hydrogen) atoms. The van der Waals surface area contributed by atoms with Crippen molar-refractivity contribution in [3.63, 3.8) is 0 Å². The summed E-state index contributed by atoms with van der Waals surface area (Å²) in [5, 5.41) is 12.5. The summed E-state index contributed by atoms with van der Waals surface area (Å²) in [7, 11) is 3.98. The molecule has 0 fully saturated rings. The van der Waals surface area contributed by atoms with E-state index >= 15 is 0 Å². The fraction of sp³-hybridized carbons (Fsp3) is 0.217. The monoisotopic (exact) mass is 437 g/mol. The Kier molecular flexibility index (Phi) is 7.64. The van der Waals surface area contributed by atoms with E-state index in [4.69, 9.17) is 5.73 Å². The predicted octanol–water partition coefficient (Wildman–Crippen LogP) is 4.40. The molecule has 0 aliphatic carbocycles. The molecule has 0 saturated heterocycles. The molecule has 162 valence electrons. The number of carbonyl (C=O) groups excluding carboxylic acids is 2. The van der Waals surface area contributed by atoms with Crippen LogP contribution in [0.4, 0.5) is 21.9 Å². The van der Waals surface area contributed by atoms with Crippen molar-refractivity contribution in [2.24, 2.45) is 0 Å². The highest BCUT2D eigenvalue weighted by molar-refractivity contribution is 7.08. The highest BCUT2D eigenvalue weighted by Crippen LogP contribution is 2.21. The number of nitrogens with zero attached hydrogens (tertiary/aromatic N) is 1. The molecule has 5 N–H and O–H groups in total. The number of hydrogen-bond donors (Lipinski definition) is 4. The molecule has 0 saturated carbocycles. The smallest absolute Gasteiger partial charge is 0.319 e. The van der Waals surface area contributed by atoms with E-state index in [0.717, 1.165) is 24.2 Å². The summed E-state index contributed by atoms with van der Waals surface area (Å²) < 4.78 is 0. The fourth-order valence-corrected chi connectivity index (χ4v) is 3.63. The number of thiophene rings is 1. The summed E-state index contributed by atoms with van der Waals surface area (Å²) in [6, 6.07) is 15.8. The summed E-state index contributed by atoms with van der Waals surface area (Å²) in [4.78, 5) is 27.1. The van der Waals surface area contributed by atoms with Crippen molar-refractivity contribution in [1.82, 2.24) is 10.2 Å². The van der Waals surface area contributed by atoms with E-state index in [2.05, 4.69) is 20.9 Å². The molecule has 8 heteroatoms. The largest absolute Gasteiger partial charge is 0.397 e. The molecule has 0 radical (unpaired) electrons. The molecule has 0 aliphatic heterocycles. The van der Waals surface area contributed by atoms with Crippen molar-refractivity contribution in [2.75, 3.05) is 37.0 Å². The van der Waals surface area contributed by atoms with Crippen molar-refractivity contribution >= 4 is 40.3 Å². The number of rotatable bonds is 8. The van der Waals surface area contributed by atoms with Gasteiger partial charge < -0.3 is 26.6 Å². The van der Waals surface area contributed by atoms with Gasteiger partial charge in [0.15, 0.2) is 0 Å². The Morgan fingerprint density at radius 1 is 1.03 bits per heavy atom. The van der Waals surface area contributed by atoms with Gasteiger partial charge in [0.2, 0.25) is 0 Å². The number of carbonyl (C=O) groups is 2. The normalized spacial score (nSPS) is 11.7. The molecule has 0 bridgehead atoms. The molecule has 0 aliphatic rings. The minimum absolute atomic E-state index is 0.192. The summed E-state index contributed by atoms with van der Waals surface area (Å²) >= 11 is 1.52. The molecule has 3 aromatic rings. The van der Waals surface area contributed by atoms with Gasteiger partial charge >= 0.3 is 6.03 Å². The topological polar surface area (TPSA) is 99.5 Å². The Bertz CT molecular complexity index is 1000. The van der Waals surface area contributed by atoms with Crippen molar-refractivity contribution in [3.05, 3.63) is 76.5 Å². The van der Waals surface area contributed by atoms with Crippen molar-refractivity contribution < 1.29 is 9.59 Å². The third-order valence-corrected chi connectivity index (χ3v) is 5.42. The second-order valence-electron chi connectivity index (χ2n) is 7.42. The maximum absolute atomic E-state index is 12.6. The lowest BCUT2D eigenvalue weighted by molar-refractivity contribution is 0.102. The van der Waals surface area contributed by atoms with Crippen LogP contribution in [0.1, 0.15) is 28.4 Å². The van der Waals surface area contributed by atoms with Gasteiger partial charge in [-0.25, -0.2) is 4.79 Å². The number of benzene rings is 2. The molecule has 7 nitrogen and oxygen atoms in total. The third-order valence-electron chi connectivity index (χ3n) is 4.73. The first-order chi connectivity index (χ1) is 14.9. The molecule has 1 aromatic heterocycles.